The first-order valence-electron chi connectivity index (χ1n) is 11.5. The molecule has 6 nitrogen and oxygen atoms in total. The van der Waals surface area contributed by atoms with E-state index in [1.807, 2.05) is 66.7 Å². The minimum absolute atomic E-state index is 0.186. The number of rotatable bonds is 9. The Morgan fingerprint density at radius 3 is 2.44 bits per heavy atom. The summed E-state index contributed by atoms with van der Waals surface area (Å²) in [5.41, 5.74) is 3.08. The van der Waals surface area contributed by atoms with E-state index in [1.165, 1.54) is 0 Å². The number of carboxylic acid groups (broad SMARTS) is 1. The van der Waals surface area contributed by atoms with Crippen LogP contribution in [0.1, 0.15) is 35.6 Å². The van der Waals surface area contributed by atoms with Crippen molar-refractivity contribution in [3.05, 3.63) is 89.5 Å². The van der Waals surface area contributed by atoms with Gasteiger partial charge in [-0.15, -0.1) is 0 Å². The summed E-state index contributed by atoms with van der Waals surface area (Å²) < 4.78 is 17.3. The number of piperidine rings is 1. The Bertz CT molecular complexity index is 1100. The van der Waals surface area contributed by atoms with E-state index in [1.54, 1.807) is 14.2 Å². The second kappa shape index (κ2) is 11.1. The lowest BCUT2D eigenvalue weighted by Crippen LogP contribution is -2.41. The summed E-state index contributed by atoms with van der Waals surface area (Å²) in [4.78, 5) is 14.1. The van der Waals surface area contributed by atoms with Gasteiger partial charge < -0.3 is 19.3 Å². The van der Waals surface area contributed by atoms with Crippen LogP contribution in [0.2, 0.25) is 0 Å². The molecule has 0 amide bonds. The third-order valence-corrected chi connectivity index (χ3v) is 6.34. The van der Waals surface area contributed by atoms with Gasteiger partial charge in [0.1, 0.15) is 12.4 Å². The Morgan fingerprint density at radius 2 is 1.71 bits per heavy atom. The van der Waals surface area contributed by atoms with Crippen molar-refractivity contribution in [2.24, 2.45) is 5.92 Å². The molecule has 1 fully saturated rings. The summed E-state index contributed by atoms with van der Waals surface area (Å²) in [6.45, 7) is 1.73. The summed E-state index contributed by atoms with van der Waals surface area (Å²) in [6.07, 6.45) is 1.52. The quantitative estimate of drug-likeness (QED) is 0.474. The van der Waals surface area contributed by atoms with Gasteiger partial charge in [0.15, 0.2) is 11.5 Å². The van der Waals surface area contributed by atoms with Crippen LogP contribution in [0.25, 0.3) is 0 Å². The number of ether oxygens (including phenoxy) is 3. The number of para-hydroxylation sites is 1. The molecule has 1 heterocycles. The van der Waals surface area contributed by atoms with Crippen LogP contribution in [-0.4, -0.2) is 43.3 Å². The molecular weight excluding hydrogens is 430 g/mol. The molecule has 0 radical (unpaired) electrons. The SMILES string of the molecule is COc1ccc(C(c2ccccc2OCc2ccccc2)N2CCCC(C(=O)O)C2)cc1OC. The van der Waals surface area contributed by atoms with Crippen LogP contribution >= 0.6 is 0 Å². The highest BCUT2D eigenvalue weighted by Crippen LogP contribution is 2.40. The number of carboxylic acids is 1. The van der Waals surface area contributed by atoms with E-state index in [2.05, 4.69) is 11.0 Å². The second-order valence-electron chi connectivity index (χ2n) is 8.50. The lowest BCUT2D eigenvalue weighted by atomic mass is 9.91. The molecule has 0 aliphatic carbocycles. The van der Waals surface area contributed by atoms with Crippen molar-refractivity contribution < 1.29 is 24.1 Å². The number of likely N-dealkylation sites (tertiary alicyclic amines) is 1. The normalized spacial score (nSPS) is 17.1. The van der Waals surface area contributed by atoms with Crippen molar-refractivity contribution >= 4 is 5.97 Å². The van der Waals surface area contributed by atoms with Crippen molar-refractivity contribution in [3.8, 4) is 17.2 Å². The number of nitrogens with zero attached hydrogens (tertiary/aromatic N) is 1. The van der Waals surface area contributed by atoms with Gasteiger partial charge in [-0.05, 0) is 48.7 Å². The monoisotopic (exact) mass is 461 g/mol. The zero-order chi connectivity index (χ0) is 23.9. The highest BCUT2D eigenvalue weighted by atomic mass is 16.5. The Kier molecular flexibility index (Phi) is 7.70. The fraction of sp³-hybridized carbons (Fsp3) is 0.321. The van der Waals surface area contributed by atoms with Crippen LogP contribution in [0.4, 0.5) is 0 Å². The van der Waals surface area contributed by atoms with Crippen LogP contribution in [0.5, 0.6) is 17.2 Å². The van der Waals surface area contributed by atoms with Gasteiger partial charge in [0.2, 0.25) is 0 Å². The van der Waals surface area contributed by atoms with E-state index in [0.29, 0.717) is 31.1 Å². The first-order valence-corrected chi connectivity index (χ1v) is 11.5. The van der Waals surface area contributed by atoms with Gasteiger partial charge in [0.25, 0.3) is 0 Å². The molecule has 4 rings (SSSR count). The van der Waals surface area contributed by atoms with Crippen LogP contribution in [0, 0.1) is 5.92 Å². The molecule has 6 heteroatoms. The molecule has 2 unspecified atom stereocenters. The summed E-state index contributed by atoms with van der Waals surface area (Å²) in [5, 5.41) is 9.71. The average Bonchev–Trinajstić information content (AvgIpc) is 2.89. The van der Waals surface area contributed by atoms with Crippen LogP contribution in [0.3, 0.4) is 0 Å². The van der Waals surface area contributed by atoms with Gasteiger partial charge in [-0.1, -0.05) is 54.6 Å². The van der Waals surface area contributed by atoms with Gasteiger partial charge in [-0.25, -0.2) is 0 Å². The molecule has 0 aromatic heterocycles. The van der Waals surface area contributed by atoms with E-state index in [-0.39, 0.29) is 6.04 Å². The standard InChI is InChI=1S/C28H31NO5/c1-32-25-15-14-21(17-26(25)33-2)27(29-16-8-11-22(18-29)28(30)31)23-12-6-7-13-24(23)34-19-20-9-4-3-5-10-20/h3-7,9-10,12-15,17,22,27H,8,11,16,18-19H2,1-2H3,(H,30,31). The van der Waals surface area contributed by atoms with E-state index >= 15 is 0 Å². The fourth-order valence-corrected chi connectivity index (χ4v) is 4.63. The lowest BCUT2D eigenvalue weighted by molar-refractivity contribution is -0.143. The van der Waals surface area contributed by atoms with E-state index in [4.69, 9.17) is 14.2 Å². The zero-order valence-corrected chi connectivity index (χ0v) is 19.6. The molecule has 1 aliphatic rings. The first-order chi connectivity index (χ1) is 16.6. The number of hydrogen-bond acceptors (Lipinski definition) is 5. The molecule has 178 valence electrons. The lowest BCUT2D eigenvalue weighted by Gasteiger charge is -2.38. The molecular formula is C28H31NO5. The number of benzene rings is 3. The summed E-state index contributed by atoms with van der Waals surface area (Å²) in [7, 11) is 3.23. The maximum absolute atomic E-state index is 11.8. The van der Waals surface area contributed by atoms with Crippen molar-refractivity contribution in [2.75, 3.05) is 27.3 Å². The molecule has 0 bridgehead atoms. The van der Waals surface area contributed by atoms with Crippen molar-refractivity contribution in [1.82, 2.24) is 4.90 Å². The Balaban J connectivity index is 1.74. The molecule has 3 aromatic carbocycles. The van der Waals surface area contributed by atoms with Crippen molar-refractivity contribution in [1.29, 1.82) is 0 Å². The average molecular weight is 462 g/mol. The Hall–Kier alpha value is -3.51. The van der Waals surface area contributed by atoms with Crippen molar-refractivity contribution in [2.45, 2.75) is 25.5 Å². The highest BCUT2D eigenvalue weighted by Gasteiger charge is 2.33. The highest BCUT2D eigenvalue weighted by molar-refractivity contribution is 5.70. The summed E-state index contributed by atoms with van der Waals surface area (Å²) in [5.74, 6) is 0.932. The van der Waals surface area contributed by atoms with Gasteiger partial charge in [0.05, 0.1) is 26.2 Å². The van der Waals surface area contributed by atoms with Crippen LogP contribution in [-0.2, 0) is 11.4 Å². The smallest absolute Gasteiger partial charge is 0.307 e. The summed E-state index contributed by atoms with van der Waals surface area (Å²) >= 11 is 0. The van der Waals surface area contributed by atoms with E-state index in [0.717, 1.165) is 35.4 Å². The molecule has 2 atom stereocenters. The summed E-state index contributed by atoms with van der Waals surface area (Å²) in [6, 6.07) is 23.8. The van der Waals surface area contributed by atoms with Gasteiger partial charge >= 0.3 is 5.97 Å². The minimum Gasteiger partial charge on any atom is -0.493 e. The van der Waals surface area contributed by atoms with E-state index < -0.39 is 11.9 Å². The molecule has 0 spiro atoms. The number of carbonyl (C=O) groups is 1. The number of aliphatic carboxylic acids is 1. The van der Waals surface area contributed by atoms with Crippen LogP contribution < -0.4 is 14.2 Å². The van der Waals surface area contributed by atoms with Gasteiger partial charge in [-0.3, -0.25) is 9.69 Å². The molecule has 3 aromatic rings. The Morgan fingerprint density at radius 1 is 0.971 bits per heavy atom. The maximum atomic E-state index is 11.8. The molecule has 0 saturated carbocycles. The van der Waals surface area contributed by atoms with E-state index in [9.17, 15) is 9.90 Å². The predicted molar refractivity (Wildman–Crippen MR) is 131 cm³/mol. The topological polar surface area (TPSA) is 68.2 Å². The number of methoxy groups -OCH3 is 2. The minimum atomic E-state index is -0.746. The third kappa shape index (κ3) is 5.34. The second-order valence-corrected chi connectivity index (χ2v) is 8.50. The number of hydrogen-bond donors (Lipinski definition) is 1. The molecule has 34 heavy (non-hydrogen) atoms. The van der Waals surface area contributed by atoms with Gasteiger partial charge in [-0.2, -0.15) is 0 Å². The predicted octanol–water partition coefficient (Wildman–Crippen LogP) is 5.17. The molecule has 1 N–H and O–H groups in total. The molecule has 1 saturated heterocycles. The third-order valence-electron chi connectivity index (χ3n) is 6.34. The fourth-order valence-electron chi connectivity index (χ4n) is 4.63. The van der Waals surface area contributed by atoms with Crippen molar-refractivity contribution in [3.63, 3.8) is 0 Å². The first kappa shape index (κ1) is 23.6. The Labute approximate surface area is 200 Å². The van der Waals surface area contributed by atoms with Crippen LogP contribution in [0.15, 0.2) is 72.8 Å². The van der Waals surface area contributed by atoms with Gasteiger partial charge in [0, 0.05) is 12.1 Å². The zero-order valence-electron chi connectivity index (χ0n) is 19.6. The maximum Gasteiger partial charge on any atom is 0.307 e. The molecule has 1 aliphatic heterocycles. The largest absolute Gasteiger partial charge is 0.493 e.